The van der Waals surface area contributed by atoms with Crippen LogP contribution in [0.25, 0.3) is 0 Å². The Morgan fingerprint density at radius 1 is 0.410 bits per heavy atom. The average molecular weight is 1120 g/mol. The highest BCUT2D eigenvalue weighted by Crippen LogP contribution is 2.30. The van der Waals surface area contributed by atoms with E-state index in [-0.39, 0.29) is 12.5 Å². The van der Waals surface area contributed by atoms with Crippen LogP contribution >= 0.6 is 0 Å². The molecule has 0 aromatic heterocycles. The highest BCUT2D eigenvalue weighted by atomic mass is 16.7. The molecule has 9 N–H and O–H groups in total. The molecule has 0 saturated carbocycles. The minimum absolute atomic E-state index is 0.202. The van der Waals surface area contributed by atoms with E-state index in [1.807, 2.05) is 0 Å². The van der Waals surface area contributed by atoms with E-state index >= 15 is 0 Å². The summed E-state index contributed by atoms with van der Waals surface area (Å²) >= 11 is 0. The van der Waals surface area contributed by atoms with Crippen molar-refractivity contribution >= 4 is 5.91 Å². The van der Waals surface area contributed by atoms with Crippen molar-refractivity contribution < 1.29 is 64.6 Å². The normalized spacial score (nSPS) is 24.4. The molecule has 0 aliphatic carbocycles. The van der Waals surface area contributed by atoms with E-state index in [2.05, 4.69) is 19.2 Å². The van der Waals surface area contributed by atoms with Crippen molar-refractivity contribution in [2.24, 2.45) is 0 Å². The first-order valence-electron chi connectivity index (χ1n) is 33.3. The Balaban J connectivity index is 1.53. The Morgan fingerprint density at radius 3 is 1.09 bits per heavy atom. The van der Waals surface area contributed by atoms with Crippen molar-refractivity contribution in [1.82, 2.24) is 5.32 Å². The lowest BCUT2D eigenvalue weighted by Gasteiger charge is -2.46. The van der Waals surface area contributed by atoms with Crippen LogP contribution in [0.4, 0.5) is 0 Å². The molecule has 2 rings (SSSR count). The van der Waals surface area contributed by atoms with Crippen molar-refractivity contribution in [3.63, 3.8) is 0 Å². The van der Waals surface area contributed by atoms with Gasteiger partial charge in [-0.3, -0.25) is 4.79 Å². The molecule has 0 spiro atoms. The van der Waals surface area contributed by atoms with Crippen molar-refractivity contribution in [2.75, 3.05) is 19.8 Å². The lowest BCUT2D eigenvalue weighted by atomic mass is 9.97. The van der Waals surface area contributed by atoms with E-state index in [1.54, 1.807) is 0 Å². The monoisotopic (exact) mass is 1120 g/mol. The molecule has 4 unspecified atom stereocenters. The van der Waals surface area contributed by atoms with E-state index < -0.39 is 86.8 Å². The van der Waals surface area contributed by atoms with Gasteiger partial charge in [-0.1, -0.05) is 290 Å². The number of rotatable bonds is 55. The average Bonchev–Trinajstić information content (AvgIpc) is 3.44. The van der Waals surface area contributed by atoms with Crippen molar-refractivity contribution in [3.8, 4) is 0 Å². The molecule has 1 amide bonds. The van der Waals surface area contributed by atoms with Crippen molar-refractivity contribution in [3.05, 3.63) is 0 Å². The van der Waals surface area contributed by atoms with Gasteiger partial charge in [0.25, 0.3) is 0 Å². The smallest absolute Gasteiger partial charge is 0.220 e. The van der Waals surface area contributed by atoms with Crippen LogP contribution in [0.5, 0.6) is 0 Å². The van der Waals surface area contributed by atoms with Gasteiger partial charge in [0.2, 0.25) is 5.91 Å². The number of hydrogen-bond acceptors (Lipinski definition) is 13. The van der Waals surface area contributed by atoms with Gasteiger partial charge in [-0.05, 0) is 12.8 Å². The predicted octanol–water partition coefficient (Wildman–Crippen LogP) is 12.5. The Bertz CT molecular complexity index is 1310. The molecule has 2 saturated heterocycles. The molecule has 464 valence electrons. The number of aliphatic hydroxyl groups is 8. The fourth-order valence-electron chi connectivity index (χ4n) is 11.5. The molecule has 0 aromatic carbocycles. The Labute approximate surface area is 476 Å². The fraction of sp³-hybridized carbons (Fsp3) is 0.984. The number of carbonyl (C=O) groups excluding carboxylic acids is 1. The molecule has 2 aliphatic rings. The number of nitrogens with one attached hydrogen (secondary N) is 1. The van der Waals surface area contributed by atoms with E-state index in [4.69, 9.17) is 18.9 Å². The van der Waals surface area contributed by atoms with Gasteiger partial charge in [-0.2, -0.15) is 0 Å². The fourth-order valence-corrected chi connectivity index (χ4v) is 11.5. The molecular formula is C64H125NO13. The van der Waals surface area contributed by atoms with E-state index in [0.29, 0.717) is 12.8 Å². The van der Waals surface area contributed by atoms with Crippen LogP contribution in [0, 0.1) is 0 Å². The topological polar surface area (TPSA) is 228 Å². The summed E-state index contributed by atoms with van der Waals surface area (Å²) in [6.07, 6.45) is 41.7. The lowest BCUT2D eigenvalue weighted by Crippen LogP contribution is -2.65. The van der Waals surface area contributed by atoms with Crippen LogP contribution in [0.15, 0.2) is 0 Å². The minimum atomic E-state index is -1.78. The number of aliphatic hydroxyl groups excluding tert-OH is 8. The van der Waals surface area contributed by atoms with Gasteiger partial charge >= 0.3 is 0 Å². The first-order chi connectivity index (χ1) is 38.1. The SMILES string of the molecule is CCCCCCCCCCCCCCCCCCCCCCCCCCCCCCCCCCCCCC(=O)N[C@@H](CO[C@@H]1O[C@H](CO)[C@@H](O[C@@H]2O[C@H](CO)[C@H](O)C(O)C2O)C(O)C1O)[C@H](O)CCCCCCCCCCC. The summed E-state index contributed by atoms with van der Waals surface area (Å²) in [5, 5.41) is 87.1. The van der Waals surface area contributed by atoms with Gasteiger partial charge in [-0.25, -0.2) is 0 Å². The van der Waals surface area contributed by atoms with Crippen LogP contribution < -0.4 is 5.32 Å². The first-order valence-corrected chi connectivity index (χ1v) is 33.3. The maximum atomic E-state index is 13.2. The van der Waals surface area contributed by atoms with E-state index in [9.17, 15) is 45.6 Å². The number of carbonyl (C=O) groups is 1. The summed E-state index contributed by atoms with van der Waals surface area (Å²) in [6.45, 7) is 2.87. The molecule has 78 heavy (non-hydrogen) atoms. The van der Waals surface area contributed by atoms with Crippen LogP contribution in [0.2, 0.25) is 0 Å². The van der Waals surface area contributed by atoms with Crippen molar-refractivity contribution in [1.29, 1.82) is 0 Å². The summed E-state index contributed by atoms with van der Waals surface area (Å²) in [5.41, 5.74) is 0. The molecule has 0 aromatic rings. The number of ether oxygens (including phenoxy) is 4. The number of hydrogen-bond donors (Lipinski definition) is 9. The summed E-state index contributed by atoms with van der Waals surface area (Å²) in [7, 11) is 0. The predicted molar refractivity (Wildman–Crippen MR) is 314 cm³/mol. The third-order valence-electron chi connectivity index (χ3n) is 16.8. The molecule has 0 bridgehead atoms. The second kappa shape index (κ2) is 50.5. The van der Waals surface area contributed by atoms with E-state index in [1.165, 1.54) is 231 Å². The molecule has 14 heteroatoms. The van der Waals surface area contributed by atoms with Gasteiger partial charge in [0.1, 0.15) is 48.8 Å². The Morgan fingerprint density at radius 2 is 0.731 bits per heavy atom. The largest absolute Gasteiger partial charge is 0.394 e. The summed E-state index contributed by atoms with van der Waals surface area (Å²) < 4.78 is 22.8. The summed E-state index contributed by atoms with van der Waals surface area (Å²) in [6, 6.07) is -0.821. The molecule has 0 radical (unpaired) electrons. The van der Waals surface area contributed by atoms with Gasteiger partial charge in [0.05, 0.1) is 32.0 Å². The zero-order chi connectivity index (χ0) is 56.7. The molecule has 12 atom stereocenters. The number of unbranched alkanes of at least 4 members (excludes halogenated alkanes) is 42. The molecule has 14 nitrogen and oxygen atoms in total. The zero-order valence-corrected chi connectivity index (χ0v) is 50.2. The Kier molecular flexibility index (Phi) is 47.3. The second-order valence-corrected chi connectivity index (χ2v) is 24.0. The maximum Gasteiger partial charge on any atom is 0.220 e. The Hall–Kier alpha value is -1.01. The third-order valence-corrected chi connectivity index (χ3v) is 16.8. The van der Waals surface area contributed by atoms with Crippen LogP contribution in [-0.4, -0.2) is 140 Å². The highest BCUT2D eigenvalue weighted by molar-refractivity contribution is 5.76. The van der Waals surface area contributed by atoms with Gasteiger partial charge in [-0.15, -0.1) is 0 Å². The third kappa shape index (κ3) is 35.2. The summed E-state index contributed by atoms with van der Waals surface area (Å²) in [4.78, 5) is 13.2. The molecular weight excluding hydrogens is 991 g/mol. The van der Waals surface area contributed by atoms with Crippen LogP contribution in [0.1, 0.15) is 309 Å². The molecule has 2 fully saturated rings. The quantitative estimate of drug-likeness (QED) is 0.0259. The van der Waals surface area contributed by atoms with Crippen molar-refractivity contribution in [2.45, 2.75) is 383 Å². The van der Waals surface area contributed by atoms with E-state index in [0.717, 1.165) is 51.4 Å². The lowest BCUT2D eigenvalue weighted by molar-refractivity contribution is -0.359. The highest BCUT2D eigenvalue weighted by Gasteiger charge is 2.51. The standard InChI is InChI=1S/C64H125NO13/c1-3-5-7-9-11-13-14-15-16-17-18-19-20-21-22-23-24-25-26-27-28-29-30-31-32-33-34-35-36-37-38-40-42-44-46-48-56(69)65-52(53(68)47-45-43-41-39-12-10-8-6-4-2)51-75-63-61(74)59(72)62(55(50-67)77-63)78-64-60(73)58(71)57(70)54(49-66)76-64/h52-55,57-64,66-68,70-74H,3-51H2,1-2H3,(H,65,69)/t52-,53+,54+,55+,57-,58?,59?,60?,61?,62+,63+,64-/m0/s1. The van der Waals surface area contributed by atoms with Gasteiger partial charge in [0.15, 0.2) is 12.6 Å². The van der Waals surface area contributed by atoms with Crippen LogP contribution in [0.3, 0.4) is 0 Å². The maximum absolute atomic E-state index is 13.2. The van der Waals surface area contributed by atoms with Gasteiger partial charge in [0, 0.05) is 6.42 Å². The first kappa shape index (κ1) is 73.1. The number of amides is 1. The summed E-state index contributed by atoms with van der Waals surface area (Å²) in [5.74, 6) is -0.202. The minimum Gasteiger partial charge on any atom is -0.394 e. The van der Waals surface area contributed by atoms with Crippen LogP contribution in [-0.2, 0) is 23.7 Å². The molecule has 2 heterocycles. The molecule has 2 aliphatic heterocycles. The second-order valence-electron chi connectivity index (χ2n) is 24.0. The van der Waals surface area contributed by atoms with Gasteiger partial charge < -0.3 is 65.1 Å². The zero-order valence-electron chi connectivity index (χ0n) is 50.2.